The highest BCUT2D eigenvalue weighted by molar-refractivity contribution is 5.85. The van der Waals surface area contributed by atoms with Gasteiger partial charge in [-0.1, -0.05) is 6.07 Å². The van der Waals surface area contributed by atoms with Crippen LogP contribution < -0.4 is 5.32 Å². The number of alkyl halides is 3. The Hall–Kier alpha value is -1.60. The standard InChI is InChI=1S/C14H13F4N3.ClH/c15-10-2-1-9(12(6-10)14(16,17)18)5-11-7-20-13-8-19-3-4-21(11)13;/h1-2,6-7,19H,3-5,8H2;1H. The molecule has 0 saturated heterocycles. The first kappa shape index (κ1) is 16.8. The lowest BCUT2D eigenvalue weighted by molar-refractivity contribution is -0.138. The van der Waals surface area contributed by atoms with Crippen LogP contribution in [0, 0.1) is 5.82 Å². The highest BCUT2D eigenvalue weighted by Gasteiger charge is 2.34. The summed E-state index contributed by atoms with van der Waals surface area (Å²) in [5.41, 5.74) is -0.152. The molecule has 0 saturated carbocycles. The molecule has 1 aromatic carbocycles. The van der Waals surface area contributed by atoms with Crippen LogP contribution in [-0.2, 0) is 25.7 Å². The van der Waals surface area contributed by atoms with Crippen molar-refractivity contribution in [3.05, 3.63) is 52.9 Å². The Morgan fingerprint density at radius 2 is 2.05 bits per heavy atom. The van der Waals surface area contributed by atoms with Crippen molar-refractivity contribution < 1.29 is 17.6 Å². The maximum Gasteiger partial charge on any atom is 0.416 e. The molecule has 0 aliphatic carbocycles. The minimum absolute atomic E-state index is 0. The Kier molecular flexibility index (Phi) is 4.77. The molecular formula is C14H14ClF4N3. The van der Waals surface area contributed by atoms with E-state index in [1.165, 1.54) is 6.07 Å². The summed E-state index contributed by atoms with van der Waals surface area (Å²) in [5, 5.41) is 3.15. The number of hydrogen-bond donors (Lipinski definition) is 1. The number of nitrogens with zero attached hydrogens (tertiary/aromatic N) is 2. The summed E-state index contributed by atoms with van der Waals surface area (Å²) in [6.07, 6.45) is -2.89. The first-order valence-corrected chi connectivity index (χ1v) is 6.55. The Balaban J connectivity index is 0.00000176. The van der Waals surface area contributed by atoms with E-state index in [-0.39, 0.29) is 24.4 Å². The number of hydrogen-bond acceptors (Lipinski definition) is 2. The predicted octanol–water partition coefficient (Wildman–Crippen LogP) is 3.16. The first-order chi connectivity index (χ1) is 9.95. The third kappa shape index (κ3) is 3.25. The van der Waals surface area contributed by atoms with Crippen LogP contribution >= 0.6 is 12.4 Å². The van der Waals surface area contributed by atoms with Gasteiger partial charge in [0.05, 0.1) is 12.1 Å². The summed E-state index contributed by atoms with van der Waals surface area (Å²) in [6.45, 7) is 2.04. The zero-order valence-corrected chi connectivity index (χ0v) is 12.3. The highest BCUT2D eigenvalue weighted by Crippen LogP contribution is 2.33. The molecule has 0 unspecified atom stereocenters. The van der Waals surface area contributed by atoms with Crippen molar-refractivity contribution in [2.75, 3.05) is 6.54 Å². The number of benzene rings is 1. The molecule has 0 atom stereocenters. The topological polar surface area (TPSA) is 29.9 Å². The molecule has 120 valence electrons. The number of nitrogens with one attached hydrogen (secondary N) is 1. The van der Waals surface area contributed by atoms with Crippen molar-refractivity contribution in [3.63, 3.8) is 0 Å². The van der Waals surface area contributed by atoms with Gasteiger partial charge in [0, 0.05) is 31.4 Å². The van der Waals surface area contributed by atoms with E-state index in [1.807, 2.05) is 4.57 Å². The maximum atomic E-state index is 13.1. The normalized spacial score (nSPS) is 14.4. The number of halogens is 5. The summed E-state index contributed by atoms with van der Waals surface area (Å²) in [5.74, 6) is -0.0718. The molecule has 1 aliphatic rings. The van der Waals surface area contributed by atoms with E-state index in [1.54, 1.807) is 6.20 Å². The van der Waals surface area contributed by atoms with E-state index < -0.39 is 17.6 Å². The van der Waals surface area contributed by atoms with Gasteiger partial charge in [0.15, 0.2) is 0 Å². The fourth-order valence-corrected chi connectivity index (χ4v) is 2.56. The van der Waals surface area contributed by atoms with Gasteiger partial charge in [0.1, 0.15) is 11.6 Å². The molecule has 0 radical (unpaired) electrons. The summed E-state index contributed by atoms with van der Waals surface area (Å²) >= 11 is 0. The molecule has 2 heterocycles. The van der Waals surface area contributed by atoms with Gasteiger partial charge in [-0.15, -0.1) is 12.4 Å². The van der Waals surface area contributed by atoms with Gasteiger partial charge in [-0.3, -0.25) is 0 Å². The summed E-state index contributed by atoms with van der Waals surface area (Å²) < 4.78 is 54.0. The Labute approximate surface area is 130 Å². The second-order valence-electron chi connectivity index (χ2n) is 4.97. The van der Waals surface area contributed by atoms with E-state index in [0.717, 1.165) is 18.4 Å². The van der Waals surface area contributed by atoms with Crippen molar-refractivity contribution in [3.8, 4) is 0 Å². The van der Waals surface area contributed by atoms with Crippen LogP contribution in [0.1, 0.15) is 22.6 Å². The van der Waals surface area contributed by atoms with Crippen LogP contribution in [0.5, 0.6) is 0 Å². The summed E-state index contributed by atoms with van der Waals surface area (Å²) in [4.78, 5) is 4.21. The Morgan fingerprint density at radius 1 is 1.27 bits per heavy atom. The van der Waals surface area contributed by atoms with Gasteiger partial charge in [0.25, 0.3) is 0 Å². The fourth-order valence-electron chi connectivity index (χ4n) is 2.56. The predicted molar refractivity (Wildman–Crippen MR) is 75.4 cm³/mol. The average molecular weight is 336 g/mol. The smallest absolute Gasteiger partial charge is 0.329 e. The van der Waals surface area contributed by atoms with Crippen LogP contribution in [-0.4, -0.2) is 16.1 Å². The molecule has 0 fully saturated rings. The second kappa shape index (κ2) is 6.26. The molecule has 1 aromatic heterocycles. The molecule has 2 aromatic rings. The van der Waals surface area contributed by atoms with E-state index in [0.29, 0.717) is 24.8 Å². The highest BCUT2D eigenvalue weighted by atomic mass is 35.5. The molecule has 8 heteroatoms. The minimum atomic E-state index is -4.57. The van der Waals surface area contributed by atoms with Gasteiger partial charge >= 0.3 is 6.18 Å². The van der Waals surface area contributed by atoms with Crippen LogP contribution in [0.2, 0.25) is 0 Å². The van der Waals surface area contributed by atoms with Crippen molar-refractivity contribution in [2.45, 2.75) is 25.7 Å². The van der Waals surface area contributed by atoms with Crippen molar-refractivity contribution in [2.24, 2.45) is 0 Å². The SMILES string of the molecule is Cl.Fc1ccc(Cc2cnc3n2CCNC3)c(C(F)(F)F)c1. The monoisotopic (exact) mass is 335 g/mol. The first-order valence-electron chi connectivity index (χ1n) is 6.55. The van der Waals surface area contributed by atoms with E-state index in [2.05, 4.69) is 10.3 Å². The number of imidazole rings is 1. The zero-order chi connectivity index (χ0) is 15.0. The molecule has 3 rings (SSSR count). The van der Waals surface area contributed by atoms with Crippen molar-refractivity contribution >= 4 is 12.4 Å². The molecule has 0 bridgehead atoms. The summed E-state index contributed by atoms with van der Waals surface area (Å²) in [6, 6.07) is 2.79. The van der Waals surface area contributed by atoms with Crippen LogP contribution in [0.3, 0.4) is 0 Å². The molecule has 0 amide bonds. The third-order valence-corrected chi connectivity index (χ3v) is 3.57. The van der Waals surface area contributed by atoms with E-state index in [4.69, 9.17) is 0 Å². The Morgan fingerprint density at radius 3 is 2.77 bits per heavy atom. The number of fused-ring (bicyclic) bond motifs is 1. The lowest BCUT2D eigenvalue weighted by Crippen LogP contribution is -2.29. The van der Waals surface area contributed by atoms with Gasteiger partial charge in [-0.25, -0.2) is 9.37 Å². The molecule has 1 aliphatic heterocycles. The van der Waals surface area contributed by atoms with E-state index in [9.17, 15) is 17.6 Å². The quantitative estimate of drug-likeness (QED) is 0.854. The van der Waals surface area contributed by atoms with Crippen molar-refractivity contribution in [1.82, 2.24) is 14.9 Å². The maximum absolute atomic E-state index is 13.1. The van der Waals surface area contributed by atoms with Crippen LogP contribution in [0.15, 0.2) is 24.4 Å². The lowest BCUT2D eigenvalue weighted by Gasteiger charge is -2.18. The van der Waals surface area contributed by atoms with Gasteiger partial charge in [-0.2, -0.15) is 13.2 Å². The molecule has 1 N–H and O–H groups in total. The fraction of sp³-hybridized carbons (Fsp3) is 0.357. The van der Waals surface area contributed by atoms with Gasteiger partial charge in [-0.05, 0) is 17.7 Å². The zero-order valence-electron chi connectivity index (χ0n) is 11.5. The largest absolute Gasteiger partial charge is 0.416 e. The minimum Gasteiger partial charge on any atom is -0.329 e. The molecule has 0 spiro atoms. The van der Waals surface area contributed by atoms with Gasteiger partial charge < -0.3 is 9.88 Å². The molecule has 3 nitrogen and oxygen atoms in total. The average Bonchev–Trinajstić information content (AvgIpc) is 2.83. The number of aromatic nitrogens is 2. The second-order valence-corrected chi connectivity index (χ2v) is 4.97. The van der Waals surface area contributed by atoms with Gasteiger partial charge in [0.2, 0.25) is 0 Å². The Bertz CT molecular complexity index is 667. The van der Waals surface area contributed by atoms with Crippen LogP contribution in [0.25, 0.3) is 0 Å². The van der Waals surface area contributed by atoms with Crippen molar-refractivity contribution in [1.29, 1.82) is 0 Å². The summed E-state index contributed by atoms with van der Waals surface area (Å²) in [7, 11) is 0. The van der Waals surface area contributed by atoms with E-state index >= 15 is 0 Å². The lowest BCUT2D eigenvalue weighted by atomic mass is 10.0. The number of rotatable bonds is 2. The molecule has 22 heavy (non-hydrogen) atoms. The van der Waals surface area contributed by atoms with Crippen LogP contribution in [0.4, 0.5) is 17.6 Å². The molecular weight excluding hydrogens is 322 g/mol. The third-order valence-electron chi connectivity index (χ3n) is 3.57.